The van der Waals surface area contributed by atoms with Gasteiger partial charge < -0.3 is 5.11 Å². The summed E-state index contributed by atoms with van der Waals surface area (Å²) in [4.78, 5) is 0. The lowest BCUT2D eigenvalue weighted by Gasteiger charge is -1.93. The summed E-state index contributed by atoms with van der Waals surface area (Å²) in [6.45, 7) is 5.74. The average molecular weight is 126 g/mol. The molecule has 0 rings (SSSR count). The van der Waals surface area contributed by atoms with Gasteiger partial charge in [-0.1, -0.05) is 0 Å². The Bertz CT molecular complexity index is 124. The predicted octanol–water partition coefficient (Wildman–Crippen LogP) is 1.88. The van der Waals surface area contributed by atoms with Crippen LogP contribution in [0.5, 0.6) is 0 Å². The maximum Gasteiger partial charge on any atom is 0.0552 e. The van der Waals surface area contributed by atoms with Crippen molar-refractivity contribution >= 4 is 0 Å². The molecular weight excluding hydrogens is 112 g/mol. The highest BCUT2D eigenvalue weighted by Gasteiger charge is 1.86. The van der Waals surface area contributed by atoms with Crippen LogP contribution in [0.2, 0.25) is 0 Å². The van der Waals surface area contributed by atoms with Crippen LogP contribution in [0, 0.1) is 0 Å². The van der Waals surface area contributed by atoms with E-state index in [0.29, 0.717) is 6.42 Å². The van der Waals surface area contributed by atoms with E-state index in [1.807, 2.05) is 19.9 Å². The average Bonchev–Trinajstić information content (AvgIpc) is 1.63. The van der Waals surface area contributed by atoms with Gasteiger partial charge in [0.2, 0.25) is 0 Å². The summed E-state index contributed by atoms with van der Waals surface area (Å²) >= 11 is 0. The van der Waals surface area contributed by atoms with E-state index in [-0.39, 0.29) is 6.10 Å². The fourth-order valence-corrected chi connectivity index (χ4v) is 0.434. The number of aliphatic hydroxyl groups is 1. The molecule has 0 amide bonds. The summed E-state index contributed by atoms with van der Waals surface area (Å²) in [5.74, 6) is 0. The molecule has 0 radical (unpaired) electrons. The van der Waals surface area contributed by atoms with E-state index >= 15 is 0 Å². The molecule has 0 aliphatic heterocycles. The second kappa shape index (κ2) is 4.37. The van der Waals surface area contributed by atoms with Crippen LogP contribution in [-0.4, -0.2) is 11.2 Å². The lowest BCUT2D eigenvalue weighted by atomic mass is 10.2. The van der Waals surface area contributed by atoms with Gasteiger partial charge in [-0.05, 0) is 38.8 Å². The normalized spacial score (nSPS) is 12.0. The zero-order valence-electron chi connectivity index (χ0n) is 6.31. The van der Waals surface area contributed by atoms with Crippen LogP contribution in [0.1, 0.15) is 27.2 Å². The van der Waals surface area contributed by atoms with Gasteiger partial charge in [0.1, 0.15) is 0 Å². The second-order valence-electron chi connectivity index (χ2n) is 2.43. The van der Waals surface area contributed by atoms with E-state index in [1.54, 1.807) is 6.92 Å². The quantitative estimate of drug-likeness (QED) is 0.560. The Morgan fingerprint density at radius 1 is 1.67 bits per heavy atom. The zero-order chi connectivity index (χ0) is 7.28. The molecule has 0 fully saturated rings. The predicted molar refractivity (Wildman–Crippen MR) is 39.2 cm³/mol. The Kier molecular flexibility index (Phi) is 4.12. The lowest BCUT2D eigenvalue weighted by Crippen LogP contribution is -1.94. The maximum atomic E-state index is 8.78. The molecule has 1 nitrogen and oxygen atoms in total. The Labute approximate surface area is 56.7 Å². The van der Waals surface area contributed by atoms with Crippen molar-refractivity contribution in [3.63, 3.8) is 0 Å². The third kappa shape index (κ3) is 7.48. The summed E-state index contributed by atoms with van der Waals surface area (Å²) in [7, 11) is 0. The van der Waals surface area contributed by atoms with Crippen molar-refractivity contribution in [1.82, 2.24) is 0 Å². The second-order valence-corrected chi connectivity index (χ2v) is 2.43. The Hall–Kier alpha value is -0.520. The van der Waals surface area contributed by atoms with E-state index in [0.717, 1.165) is 5.57 Å². The van der Waals surface area contributed by atoms with Crippen LogP contribution in [0.3, 0.4) is 0 Å². The highest BCUT2D eigenvalue weighted by molar-refractivity contribution is 4.94. The summed E-state index contributed by atoms with van der Waals surface area (Å²) in [6.07, 6.45) is 2.32. The Balaban J connectivity index is 3.61. The van der Waals surface area contributed by atoms with Crippen molar-refractivity contribution in [3.8, 4) is 0 Å². The fourth-order valence-electron chi connectivity index (χ4n) is 0.434. The third-order valence-electron chi connectivity index (χ3n) is 0.850. The van der Waals surface area contributed by atoms with Gasteiger partial charge in [0.25, 0.3) is 0 Å². The minimum atomic E-state index is -0.239. The van der Waals surface area contributed by atoms with Gasteiger partial charge in [-0.3, -0.25) is 0 Å². The minimum Gasteiger partial charge on any atom is -0.393 e. The van der Waals surface area contributed by atoms with Gasteiger partial charge in [0, 0.05) is 0 Å². The van der Waals surface area contributed by atoms with Crippen LogP contribution in [-0.2, 0) is 0 Å². The first kappa shape index (κ1) is 8.48. The van der Waals surface area contributed by atoms with Crippen LogP contribution in [0.4, 0.5) is 0 Å². The number of hydrogen-bond donors (Lipinski definition) is 1. The van der Waals surface area contributed by atoms with E-state index in [4.69, 9.17) is 5.11 Å². The van der Waals surface area contributed by atoms with E-state index in [2.05, 4.69) is 5.73 Å². The smallest absolute Gasteiger partial charge is 0.0552 e. The summed E-state index contributed by atoms with van der Waals surface area (Å²) < 4.78 is 0. The maximum absolute atomic E-state index is 8.78. The third-order valence-corrected chi connectivity index (χ3v) is 0.850. The highest BCUT2D eigenvalue weighted by Crippen LogP contribution is 1.91. The Morgan fingerprint density at radius 2 is 2.22 bits per heavy atom. The summed E-state index contributed by atoms with van der Waals surface area (Å²) in [5.41, 5.74) is 4.16. The molecule has 0 aliphatic carbocycles. The van der Waals surface area contributed by atoms with E-state index in [9.17, 15) is 0 Å². The molecule has 0 saturated carbocycles. The zero-order valence-corrected chi connectivity index (χ0v) is 6.31. The molecule has 0 aromatic rings. The van der Waals surface area contributed by atoms with E-state index in [1.165, 1.54) is 0 Å². The molecule has 0 aromatic carbocycles. The van der Waals surface area contributed by atoms with Crippen LogP contribution >= 0.6 is 0 Å². The molecule has 1 atom stereocenters. The van der Waals surface area contributed by atoms with Crippen LogP contribution in [0.25, 0.3) is 0 Å². The number of hydrogen-bond acceptors (Lipinski definition) is 1. The number of rotatable bonds is 2. The molecule has 0 aromatic heterocycles. The summed E-state index contributed by atoms with van der Waals surface area (Å²) in [5, 5.41) is 8.78. The molecule has 0 bridgehead atoms. The van der Waals surface area contributed by atoms with Crippen LogP contribution < -0.4 is 0 Å². The van der Waals surface area contributed by atoms with E-state index < -0.39 is 0 Å². The van der Waals surface area contributed by atoms with Crippen molar-refractivity contribution in [3.05, 3.63) is 17.4 Å². The molecule has 1 heteroatoms. The van der Waals surface area contributed by atoms with Gasteiger partial charge >= 0.3 is 0 Å². The summed E-state index contributed by atoms with van der Waals surface area (Å²) in [6, 6.07) is 0. The molecular formula is C8H14O. The van der Waals surface area contributed by atoms with Crippen molar-refractivity contribution in [1.29, 1.82) is 0 Å². The molecule has 0 saturated heterocycles. The molecule has 1 N–H and O–H groups in total. The van der Waals surface area contributed by atoms with Crippen LogP contribution in [0.15, 0.2) is 17.4 Å². The van der Waals surface area contributed by atoms with Gasteiger partial charge in [0.05, 0.1) is 6.10 Å². The minimum absolute atomic E-state index is 0.239. The molecule has 0 heterocycles. The van der Waals surface area contributed by atoms with Crippen molar-refractivity contribution < 1.29 is 5.11 Å². The molecule has 0 aliphatic rings. The Morgan fingerprint density at radius 3 is 2.56 bits per heavy atom. The van der Waals surface area contributed by atoms with Gasteiger partial charge in [-0.15, -0.1) is 5.73 Å². The van der Waals surface area contributed by atoms with Crippen molar-refractivity contribution in [2.24, 2.45) is 0 Å². The molecule has 9 heavy (non-hydrogen) atoms. The van der Waals surface area contributed by atoms with Crippen molar-refractivity contribution in [2.45, 2.75) is 33.3 Å². The highest BCUT2D eigenvalue weighted by atomic mass is 16.3. The lowest BCUT2D eigenvalue weighted by molar-refractivity contribution is 0.198. The number of aliphatic hydroxyl groups excluding tert-OH is 1. The largest absolute Gasteiger partial charge is 0.393 e. The molecule has 52 valence electrons. The topological polar surface area (TPSA) is 20.2 Å². The fraction of sp³-hybridized carbons (Fsp3) is 0.625. The van der Waals surface area contributed by atoms with Gasteiger partial charge in [0.15, 0.2) is 0 Å². The molecule has 0 unspecified atom stereocenters. The first-order valence-corrected chi connectivity index (χ1v) is 3.19. The van der Waals surface area contributed by atoms with Crippen molar-refractivity contribution in [2.75, 3.05) is 0 Å². The van der Waals surface area contributed by atoms with Gasteiger partial charge in [-0.25, -0.2) is 0 Å². The SMILES string of the molecule is CC(C)=C=CC[C@H](C)O. The first-order chi connectivity index (χ1) is 4.13. The van der Waals surface area contributed by atoms with Gasteiger partial charge in [-0.2, -0.15) is 0 Å². The first-order valence-electron chi connectivity index (χ1n) is 3.19. The molecule has 0 spiro atoms. The standard InChI is InChI=1S/C8H14O/c1-7(2)5-4-6-8(3)9/h4,8-9H,6H2,1-3H3/t8-/m0/s1. The monoisotopic (exact) mass is 126 g/mol.